The molecule has 0 spiro atoms. The van der Waals surface area contributed by atoms with E-state index >= 15 is 0 Å². The number of hydrogen-bond acceptors (Lipinski definition) is 3. The Morgan fingerprint density at radius 3 is 2.79 bits per heavy atom. The smallest absolute Gasteiger partial charge is 0.0766 e. The Morgan fingerprint density at radius 1 is 1.47 bits per heavy atom. The molecule has 1 fully saturated rings. The van der Waals surface area contributed by atoms with Crippen LogP contribution in [0.1, 0.15) is 38.1 Å². The second kappa shape index (κ2) is 6.37. The van der Waals surface area contributed by atoms with Crippen molar-refractivity contribution in [2.75, 3.05) is 19.8 Å². The van der Waals surface area contributed by atoms with E-state index in [0.29, 0.717) is 6.61 Å². The van der Waals surface area contributed by atoms with Crippen molar-refractivity contribution < 1.29 is 9.84 Å². The fourth-order valence-electron chi connectivity index (χ4n) is 2.77. The molecule has 2 rings (SSSR count). The second-order valence-electron chi connectivity index (χ2n) is 5.37. The minimum atomic E-state index is -0.140. The van der Waals surface area contributed by atoms with Crippen LogP contribution in [0.3, 0.4) is 0 Å². The van der Waals surface area contributed by atoms with E-state index in [1.807, 2.05) is 0 Å². The number of hydrogen-bond donors (Lipinski definition) is 1. The fourth-order valence-corrected chi connectivity index (χ4v) is 3.48. The Kier molecular flexibility index (Phi) is 5.03. The molecule has 1 N–H and O–H groups in total. The molecule has 1 aliphatic rings. The molecule has 0 aromatic carbocycles. The van der Waals surface area contributed by atoms with E-state index in [9.17, 15) is 5.11 Å². The van der Waals surface area contributed by atoms with Gasteiger partial charge in [-0.2, -0.15) is 5.10 Å². The van der Waals surface area contributed by atoms with Crippen LogP contribution in [0, 0.1) is 5.41 Å². The highest BCUT2D eigenvalue weighted by molar-refractivity contribution is 9.10. The van der Waals surface area contributed by atoms with Crippen LogP contribution < -0.4 is 0 Å². The maximum absolute atomic E-state index is 9.80. The minimum Gasteiger partial charge on any atom is -0.396 e. The molecular weight excluding hydrogens is 308 g/mol. The SMILES string of the molecule is CCc1nn(CC)c(CC2(CO)CCCOC2)c1Br. The number of nitrogens with zero attached hydrogens (tertiary/aromatic N) is 2. The quantitative estimate of drug-likeness (QED) is 0.902. The Hall–Kier alpha value is -0.390. The van der Waals surface area contributed by atoms with E-state index in [0.717, 1.165) is 49.0 Å². The zero-order valence-electron chi connectivity index (χ0n) is 11.8. The summed E-state index contributed by atoms with van der Waals surface area (Å²) in [5.41, 5.74) is 2.15. The van der Waals surface area contributed by atoms with Gasteiger partial charge in [-0.3, -0.25) is 4.68 Å². The summed E-state index contributed by atoms with van der Waals surface area (Å²) in [6, 6.07) is 0. The molecule has 1 aromatic heterocycles. The van der Waals surface area contributed by atoms with Crippen LogP contribution >= 0.6 is 15.9 Å². The third-order valence-electron chi connectivity index (χ3n) is 3.98. The summed E-state index contributed by atoms with van der Waals surface area (Å²) in [4.78, 5) is 0. The van der Waals surface area contributed by atoms with E-state index in [1.165, 1.54) is 5.69 Å². The van der Waals surface area contributed by atoms with E-state index in [4.69, 9.17) is 4.74 Å². The first-order valence-electron chi connectivity index (χ1n) is 7.08. The highest BCUT2D eigenvalue weighted by Gasteiger charge is 2.34. The molecule has 108 valence electrons. The van der Waals surface area contributed by atoms with Crippen LogP contribution in [-0.2, 0) is 24.1 Å². The van der Waals surface area contributed by atoms with Gasteiger partial charge in [0.15, 0.2) is 0 Å². The number of aryl methyl sites for hydroxylation is 2. The van der Waals surface area contributed by atoms with Gasteiger partial charge in [-0.05, 0) is 42.1 Å². The van der Waals surface area contributed by atoms with Gasteiger partial charge in [0, 0.05) is 25.0 Å². The van der Waals surface area contributed by atoms with Gasteiger partial charge >= 0.3 is 0 Å². The zero-order chi connectivity index (χ0) is 13.9. The predicted octanol–water partition coefficient (Wildman–Crippen LogP) is 2.56. The molecular formula is C14H23BrN2O2. The number of aliphatic hydroxyl groups excluding tert-OH is 1. The highest BCUT2D eigenvalue weighted by atomic mass is 79.9. The average molecular weight is 331 g/mol. The van der Waals surface area contributed by atoms with Crippen LogP contribution in [0.2, 0.25) is 0 Å². The van der Waals surface area contributed by atoms with Gasteiger partial charge in [0.25, 0.3) is 0 Å². The first-order valence-corrected chi connectivity index (χ1v) is 7.87. The zero-order valence-corrected chi connectivity index (χ0v) is 13.4. The lowest BCUT2D eigenvalue weighted by atomic mass is 9.79. The van der Waals surface area contributed by atoms with Gasteiger partial charge < -0.3 is 9.84 Å². The largest absolute Gasteiger partial charge is 0.396 e. The van der Waals surface area contributed by atoms with Crippen molar-refractivity contribution in [1.29, 1.82) is 0 Å². The minimum absolute atomic E-state index is 0.140. The van der Waals surface area contributed by atoms with Crippen molar-refractivity contribution in [2.24, 2.45) is 5.41 Å². The molecule has 1 atom stereocenters. The number of aromatic nitrogens is 2. The monoisotopic (exact) mass is 330 g/mol. The molecule has 1 saturated heterocycles. The first kappa shape index (κ1) is 15.0. The lowest BCUT2D eigenvalue weighted by molar-refractivity contribution is -0.0389. The maximum Gasteiger partial charge on any atom is 0.0766 e. The Labute approximate surface area is 123 Å². The van der Waals surface area contributed by atoms with Crippen LogP contribution in [0.5, 0.6) is 0 Å². The molecule has 0 amide bonds. The topological polar surface area (TPSA) is 47.3 Å². The summed E-state index contributed by atoms with van der Waals surface area (Å²) >= 11 is 3.68. The maximum atomic E-state index is 9.80. The Balaban J connectivity index is 2.28. The van der Waals surface area contributed by atoms with Crippen LogP contribution in [0.15, 0.2) is 4.47 Å². The number of rotatable bonds is 5. The third kappa shape index (κ3) is 3.03. The van der Waals surface area contributed by atoms with E-state index in [1.54, 1.807) is 0 Å². The van der Waals surface area contributed by atoms with Crippen LogP contribution in [0.25, 0.3) is 0 Å². The van der Waals surface area contributed by atoms with Crippen molar-refractivity contribution in [3.8, 4) is 0 Å². The van der Waals surface area contributed by atoms with Crippen LogP contribution in [-0.4, -0.2) is 34.7 Å². The van der Waals surface area contributed by atoms with Crippen molar-refractivity contribution >= 4 is 15.9 Å². The van der Waals surface area contributed by atoms with Gasteiger partial charge in [0.1, 0.15) is 0 Å². The highest BCUT2D eigenvalue weighted by Crippen LogP contribution is 2.35. The van der Waals surface area contributed by atoms with Crippen molar-refractivity contribution in [1.82, 2.24) is 9.78 Å². The van der Waals surface area contributed by atoms with Crippen molar-refractivity contribution in [2.45, 2.75) is 46.1 Å². The molecule has 2 heterocycles. The van der Waals surface area contributed by atoms with E-state index in [2.05, 4.69) is 39.6 Å². The molecule has 5 heteroatoms. The standard InChI is InChI=1S/C14H23BrN2O2/c1-3-11-13(15)12(17(4-2)16-11)8-14(9-18)6-5-7-19-10-14/h18H,3-10H2,1-2H3. The fraction of sp³-hybridized carbons (Fsp3) is 0.786. The van der Waals surface area contributed by atoms with E-state index < -0.39 is 0 Å². The molecule has 0 radical (unpaired) electrons. The summed E-state index contributed by atoms with van der Waals surface area (Å²) < 4.78 is 8.75. The molecule has 0 saturated carbocycles. The Bertz CT molecular complexity index is 425. The van der Waals surface area contributed by atoms with Gasteiger partial charge in [-0.25, -0.2) is 0 Å². The molecule has 1 aromatic rings. The molecule has 19 heavy (non-hydrogen) atoms. The summed E-state index contributed by atoms with van der Waals surface area (Å²) in [6.07, 6.45) is 3.79. The Morgan fingerprint density at radius 2 is 2.26 bits per heavy atom. The molecule has 0 bridgehead atoms. The summed E-state index contributed by atoms with van der Waals surface area (Å²) in [6.45, 7) is 6.71. The summed E-state index contributed by atoms with van der Waals surface area (Å²) in [7, 11) is 0. The average Bonchev–Trinajstić information content (AvgIpc) is 2.76. The normalized spacial score (nSPS) is 23.8. The van der Waals surface area contributed by atoms with E-state index in [-0.39, 0.29) is 12.0 Å². The number of ether oxygens (including phenoxy) is 1. The lowest BCUT2D eigenvalue weighted by Gasteiger charge is -2.35. The van der Waals surface area contributed by atoms with Gasteiger partial charge in [0.2, 0.25) is 0 Å². The third-order valence-corrected chi connectivity index (χ3v) is 4.89. The number of halogens is 1. The van der Waals surface area contributed by atoms with Crippen molar-refractivity contribution in [3.63, 3.8) is 0 Å². The lowest BCUT2D eigenvalue weighted by Crippen LogP contribution is -2.38. The molecule has 0 aliphatic carbocycles. The second-order valence-corrected chi connectivity index (χ2v) is 6.16. The number of aliphatic hydroxyl groups is 1. The van der Waals surface area contributed by atoms with Gasteiger partial charge in [0.05, 0.1) is 29.1 Å². The first-order chi connectivity index (χ1) is 9.15. The summed E-state index contributed by atoms with van der Waals surface area (Å²) in [5, 5.41) is 14.4. The predicted molar refractivity (Wildman–Crippen MR) is 78.3 cm³/mol. The molecule has 1 unspecified atom stereocenters. The van der Waals surface area contributed by atoms with Crippen molar-refractivity contribution in [3.05, 3.63) is 15.9 Å². The molecule has 4 nitrogen and oxygen atoms in total. The van der Waals surface area contributed by atoms with Gasteiger partial charge in [-0.15, -0.1) is 0 Å². The molecule has 1 aliphatic heterocycles. The van der Waals surface area contributed by atoms with Crippen LogP contribution in [0.4, 0.5) is 0 Å². The summed E-state index contributed by atoms with van der Waals surface area (Å²) in [5.74, 6) is 0. The van der Waals surface area contributed by atoms with Gasteiger partial charge in [-0.1, -0.05) is 6.92 Å².